The Hall–Kier alpha value is -1.30. The Kier molecular flexibility index (Phi) is 4.86. The van der Waals surface area contributed by atoms with Crippen molar-refractivity contribution in [1.82, 2.24) is 5.01 Å². The molecule has 1 aromatic carbocycles. The minimum atomic E-state index is -0.791. The molecule has 0 saturated heterocycles. The third-order valence-electron chi connectivity index (χ3n) is 2.79. The van der Waals surface area contributed by atoms with Gasteiger partial charge in [-0.1, -0.05) is 30.1 Å². The van der Waals surface area contributed by atoms with E-state index in [-0.39, 0.29) is 19.1 Å². The van der Waals surface area contributed by atoms with Crippen molar-refractivity contribution >= 4 is 34.8 Å². The second-order valence-electron chi connectivity index (χ2n) is 4.23. The van der Waals surface area contributed by atoms with Gasteiger partial charge >= 0.3 is 0 Å². The van der Waals surface area contributed by atoms with Crippen LogP contribution >= 0.6 is 23.2 Å². The van der Waals surface area contributed by atoms with E-state index in [1.807, 2.05) is 6.92 Å². The fourth-order valence-corrected chi connectivity index (χ4v) is 2.40. The highest BCUT2D eigenvalue weighted by Gasteiger charge is 2.36. The molecule has 1 aliphatic heterocycles. The third kappa shape index (κ3) is 3.23. The lowest BCUT2D eigenvalue weighted by Gasteiger charge is -2.15. The number of hydrogen-bond acceptors (Lipinski definition) is 4. The summed E-state index contributed by atoms with van der Waals surface area (Å²) in [5.41, 5.74) is 0.611. The summed E-state index contributed by atoms with van der Waals surface area (Å²) >= 11 is 11.8. The second kappa shape index (κ2) is 6.43. The van der Waals surface area contributed by atoms with Crippen LogP contribution in [-0.2, 0) is 4.79 Å². The van der Waals surface area contributed by atoms with Crippen molar-refractivity contribution in [3.05, 3.63) is 28.2 Å². The van der Waals surface area contributed by atoms with Crippen molar-refractivity contribution in [1.29, 1.82) is 0 Å². The van der Waals surface area contributed by atoms with Crippen LogP contribution < -0.4 is 4.74 Å². The van der Waals surface area contributed by atoms with E-state index in [0.29, 0.717) is 27.9 Å². The fourth-order valence-electron chi connectivity index (χ4n) is 1.90. The molecule has 1 unspecified atom stereocenters. The zero-order chi connectivity index (χ0) is 14.7. The van der Waals surface area contributed by atoms with Gasteiger partial charge in [-0.25, -0.2) is 5.01 Å². The normalized spacial score (nSPS) is 18.4. The Morgan fingerprint density at radius 2 is 2.00 bits per heavy atom. The highest BCUT2D eigenvalue weighted by Crippen LogP contribution is 2.26. The van der Waals surface area contributed by atoms with Gasteiger partial charge in [-0.05, 0) is 24.6 Å². The predicted octanol–water partition coefficient (Wildman–Crippen LogP) is 2.34. The van der Waals surface area contributed by atoms with Gasteiger partial charge in [-0.2, -0.15) is 5.10 Å². The lowest BCUT2D eigenvalue weighted by molar-refractivity contribution is -0.134. The molecule has 0 fully saturated rings. The number of nitrogens with zero attached hydrogens (tertiary/aromatic N) is 2. The predicted molar refractivity (Wildman–Crippen MR) is 77.4 cm³/mol. The molecule has 1 heterocycles. The van der Waals surface area contributed by atoms with E-state index >= 15 is 0 Å². The maximum Gasteiger partial charge on any atom is 0.289 e. The number of carbonyl (C=O) groups is 1. The molecule has 0 aromatic heterocycles. The van der Waals surface area contributed by atoms with Crippen LogP contribution in [0.3, 0.4) is 0 Å². The quantitative estimate of drug-likeness (QED) is 0.907. The average Bonchev–Trinajstić information content (AvgIpc) is 2.66. The van der Waals surface area contributed by atoms with E-state index in [9.17, 15) is 4.79 Å². The van der Waals surface area contributed by atoms with Gasteiger partial charge in [0.1, 0.15) is 5.75 Å². The molecule has 0 saturated carbocycles. The van der Waals surface area contributed by atoms with Gasteiger partial charge in [0.15, 0.2) is 0 Å². The van der Waals surface area contributed by atoms with Gasteiger partial charge in [-0.3, -0.25) is 4.79 Å². The average molecular weight is 317 g/mol. The number of β-amino-alcohol motifs (C(OH)–C–C–N with tert-alkyl or cyclic N) is 1. The van der Waals surface area contributed by atoms with Crippen LogP contribution in [0.4, 0.5) is 0 Å². The number of hydrazone groups is 1. The van der Waals surface area contributed by atoms with Crippen LogP contribution in [0.1, 0.15) is 13.3 Å². The molecular formula is C13H14Cl2N2O3. The van der Waals surface area contributed by atoms with Gasteiger partial charge in [0, 0.05) is 10.0 Å². The van der Waals surface area contributed by atoms with Gasteiger partial charge in [-0.15, -0.1) is 0 Å². The lowest BCUT2D eigenvalue weighted by Crippen LogP contribution is -2.37. The smallest absolute Gasteiger partial charge is 0.289 e. The number of aliphatic hydroxyl groups excluding tert-OH is 1. The Balaban J connectivity index is 2.19. The molecule has 0 spiro atoms. The number of halogens is 2. The standard InChI is InChI=1S/C13H14Cl2N2O3/c1-2-11-12(13(19)17(16-11)3-4-18)20-10-6-8(14)5-9(15)7-10/h5-7,12,18H,2-4H2,1H3. The van der Waals surface area contributed by atoms with Crippen molar-refractivity contribution in [2.75, 3.05) is 13.2 Å². The van der Waals surface area contributed by atoms with Crippen LogP contribution in [0.15, 0.2) is 23.3 Å². The first-order chi connectivity index (χ1) is 9.55. The van der Waals surface area contributed by atoms with E-state index in [2.05, 4.69) is 5.10 Å². The Morgan fingerprint density at radius 3 is 2.55 bits per heavy atom. The first kappa shape index (κ1) is 15.1. The fraction of sp³-hybridized carbons (Fsp3) is 0.385. The molecule has 0 radical (unpaired) electrons. The Bertz CT molecular complexity index is 528. The number of rotatable bonds is 5. The molecule has 5 nitrogen and oxygen atoms in total. The zero-order valence-electron chi connectivity index (χ0n) is 10.8. The zero-order valence-corrected chi connectivity index (χ0v) is 12.4. The maximum atomic E-state index is 12.1. The molecule has 7 heteroatoms. The van der Waals surface area contributed by atoms with Crippen molar-refractivity contribution < 1.29 is 14.6 Å². The summed E-state index contributed by atoms with van der Waals surface area (Å²) in [6.45, 7) is 1.89. The SMILES string of the molecule is CCC1=NN(CCO)C(=O)C1Oc1cc(Cl)cc(Cl)c1. The number of hydrogen-bond donors (Lipinski definition) is 1. The van der Waals surface area contributed by atoms with Crippen LogP contribution in [0.25, 0.3) is 0 Å². The van der Waals surface area contributed by atoms with E-state index in [4.69, 9.17) is 33.0 Å². The van der Waals surface area contributed by atoms with E-state index in [1.165, 1.54) is 5.01 Å². The summed E-state index contributed by atoms with van der Waals surface area (Å²) in [6, 6.07) is 4.75. The molecule has 1 aromatic rings. The van der Waals surface area contributed by atoms with E-state index in [0.717, 1.165) is 0 Å². The first-order valence-corrected chi connectivity index (χ1v) is 6.93. The molecule has 108 valence electrons. The number of ether oxygens (including phenoxy) is 1. The van der Waals surface area contributed by atoms with E-state index < -0.39 is 6.10 Å². The van der Waals surface area contributed by atoms with E-state index in [1.54, 1.807) is 18.2 Å². The maximum absolute atomic E-state index is 12.1. The first-order valence-electron chi connectivity index (χ1n) is 6.17. The van der Waals surface area contributed by atoms with Gasteiger partial charge in [0.05, 0.1) is 18.9 Å². The highest BCUT2D eigenvalue weighted by atomic mass is 35.5. The summed E-state index contributed by atoms with van der Waals surface area (Å²) in [7, 11) is 0. The topological polar surface area (TPSA) is 62.1 Å². The van der Waals surface area contributed by atoms with Crippen molar-refractivity contribution in [2.45, 2.75) is 19.4 Å². The number of amides is 1. The monoisotopic (exact) mass is 316 g/mol. The summed E-state index contributed by atoms with van der Waals surface area (Å²) < 4.78 is 5.66. The Morgan fingerprint density at radius 1 is 1.35 bits per heavy atom. The summed E-state index contributed by atoms with van der Waals surface area (Å²) in [5, 5.41) is 15.1. The van der Waals surface area contributed by atoms with Gasteiger partial charge in [0.2, 0.25) is 6.10 Å². The molecule has 20 heavy (non-hydrogen) atoms. The number of aliphatic hydroxyl groups is 1. The van der Waals surface area contributed by atoms with Gasteiger partial charge in [0.25, 0.3) is 5.91 Å². The van der Waals surface area contributed by atoms with Crippen LogP contribution in [0, 0.1) is 0 Å². The molecule has 0 aliphatic carbocycles. The van der Waals surface area contributed by atoms with Crippen LogP contribution in [-0.4, -0.2) is 41.0 Å². The highest BCUT2D eigenvalue weighted by molar-refractivity contribution is 6.34. The molecular weight excluding hydrogens is 303 g/mol. The lowest BCUT2D eigenvalue weighted by atomic mass is 10.1. The Labute approximate surface area is 126 Å². The largest absolute Gasteiger partial charge is 0.474 e. The van der Waals surface area contributed by atoms with Gasteiger partial charge < -0.3 is 9.84 Å². The molecule has 1 atom stereocenters. The minimum absolute atomic E-state index is 0.151. The number of carbonyl (C=O) groups excluding carboxylic acids is 1. The van der Waals surface area contributed by atoms with Crippen LogP contribution in [0.2, 0.25) is 10.0 Å². The minimum Gasteiger partial charge on any atom is -0.474 e. The number of benzene rings is 1. The van der Waals surface area contributed by atoms with Crippen molar-refractivity contribution in [2.24, 2.45) is 5.10 Å². The van der Waals surface area contributed by atoms with Crippen LogP contribution in [0.5, 0.6) is 5.75 Å². The molecule has 1 amide bonds. The summed E-state index contributed by atoms with van der Waals surface area (Å²) in [4.78, 5) is 12.1. The third-order valence-corrected chi connectivity index (χ3v) is 3.23. The van der Waals surface area contributed by atoms with Crippen molar-refractivity contribution in [3.63, 3.8) is 0 Å². The molecule has 2 rings (SSSR count). The summed E-state index contributed by atoms with van der Waals surface area (Å²) in [5.74, 6) is 0.111. The molecule has 1 N–H and O–H groups in total. The summed E-state index contributed by atoms with van der Waals surface area (Å²) in [6.07, 6.45) is -0.215. The second-order valence-corrected chi connectivity index (χ2v) is 5.11. The molecule has 0 bridgehead atoms. The molecule has 1 aliphatic rings. The van der Waals surface area contributed by atoms with Crippen molar-refractivity contribution in [3.8, 4) is 5.75 Å².